The van der Waals surface area contributed by atoms with Crippen LogP contribution in [0.15, 0.2) is 18.2 Å². The molecule has 1 aliphatic rings. The average Bonchev–Trinajstić information content (AvgIpc) is 2.54. The molecule has 2 rings (SSSR count). The van der Waals surface area contributed by atoms with Crippen LogP contribution in [0.3, 0.4) is 0 Å². The van der Waals surface area contributed by atoms with Crippen molar-refractivity contribution in [3.8, 4) is 0 Å². The van der Waals surface area contributed by atoms with Gasteiger partial charge >= 0.3 is 12.3 Å². The molecule has 20 heavy (non-hydrogen) atoms. The molecule has 0 aliphatic carbocycles. The van der Waals surface area contributed by atoms with Gasteiger partial charge in [-0.2, -0.15) is 13.2 Å². The number of cyclic esters (lactones) is 1. The van der Waals surface area contributed by atoms with Crippen LogP contribution >= 0.6 is 23.2 Å². The first-order valence-electron chi connectivity index (χ1n) is 5.17. The van der Waals surface area contributed by atoms with Crippen LogP contribution < -0.4 is 4.90 Å². The van der Waals surface area contributed by atoms with E-state index in [0.717, 1.165) is 6.07 Å². The lowest BCUT2D eigenvalue weighted by Crippen LogP contribution is -2.50. The normalized spacial score (nSPS) is 23.2. The summed E-state index contributed by atoms with van der Waals surface area (Å²) in [6.45, 7) is 0.491. The van der Waals surface area contributed by atoms with Gasteiger partial charge in [0.25, 0.3) is 11.5 Å². The zero-order chi connectivity index (χ0) is 15.3. The van der Waals surface area contributed by atoms with E-state index in [1.165, 1.54) is 12.1 Å². The molecule has 4 nitrogen and oxygen atoms in total. The standard InChI is InChI=1S/C11H6Cl2F3NO3/c1-10(11(14,15)16)8(18)17(9(19)20-10)5-2-3-6(12)7(13)4-5/h2-4H,1H3. The van der Waals surface area contributed by atoms with Crippen molar-refractivity contribution in [1.82, 2.24) is 0 Å². The quantitative estimate of drug-likeness (QED) is 0.788. The molecular formula is C11H6Cl2F3NO3. The molecule has 9 heteroatoms. The van der Waals surface area contributed by atoms with E-state index in [1.807, 2.05) is 0 Å². The van der Waals surface area contributed by atoms with Crippen molar-refractivity contribution < 1.29 is 27.5 Å². The molecule has 2 amide bonds. The zero-order valence-corrected chi connectivity index (χ0v) is 11.3. The van der Waals surface area contributed by atoms with Crippen LogP contribution in [-0.4, -0.2) is 23.8 Å². The number of hydrogen-bond donors (Lipinski definition) is 0. The second-order valence-corrected chi connectivity index (χ2v) is 4.95. The van der Waals surface area contributed by atoms with Crippen LogP contribution in [-0.2, 0) is 9.53 Å². The first-order valence-corrected chi connectivity index (χ1v) is 5.93. The number of rotatable bonds is 1. The van der Waals surface area contributed by atoms with Crippen LogP contribution in [0.5, 0.6) is 0 Å². The minimum Gasteiger partial charge on any atom is -0.422 e. The van der Waals surface area contributed by atoms with Gasteiger partial charge in [-0.3, -0.25) is 4.79 Å². The highest BCUT2D eigenvalue weighted by molar-refractivity contribution is 6.42. The number of ether oxygens (including phenoxy) is 1. The van der Waals surface area contributed by atoms with Crippen molar-refractivity contribution in [2.45, 2.75) is 18.7 Å². The highest BCUT2D eigenvalue weighted by Gasteiger charge is 2.67. The molecule has 1 aromatic carbocycles. The third-order valence-corrected chi connectivity index (χ3v) is 3.53. The topological polar surface area (TPSA) is 46.6 Å². The van der Waals surface area contributed by atoms with E-state index in [4.69, 9.17) is 23.2 Å². The molecule has 108 valence electrons. The number of carbonyl (C=O) groups is 2. The summed E-state index contributed by atoms with van der Waals surface area (Å²) < 4.78 is 42.7. The van der Waals surface area contributed by atoms with Crippen LogP contribution in [0.25, 0.3) is 0 Å². The van der Waals surface area contributed by atoms with Gasteiger partial charge in [0, 0.05) is 0 Å². The van der Waals surface area contributed by atoms with Gasteiger partial charge in [0.1, 0.15) is 0 Å². The number of halogens is 5. The van der Waals surface area contributed by atoms with Gasteiger partial charge in [-0.25, -0.2) is 9.69 Å². The second kappa shape index (κ2) is 4.53. The maximum absolute atomic E-state index is 12.8. The molecule has 0 spiro atoms. The molecule has 0 bridgehead atoms. The predicted molar refractivity (Wildman–Crippen MR) is 64.9 cm³/mol. The lowest BCUT2D eigenvalue weighted by molar-refractivity contribution is -0.234. The number of imide groups is 1. The molecule has 0 N–H and O–H groups in total. The Morgan fingerprint density at radius 3 is 2.25 bits per heavy atom. The Balaban J connectivity index is 2.46. The third-order valence-electron chi connectivity index (χ3n) is 2.79. The molecule has 0 aromatic heterocycles. The first kappa shape index (κ1) is 14.9. The predicted octanol–water partition coefficient (Wildman–Crippen LogP) is 3.80. The Morgan fingerprint density at radius 2 is 1.80 bits per heavy atom. The van der Waals surface area contributed by atoms with E-state index >= 15 is 0 Å². The average molecular weight is 328 g/mol. The SMILES string of the molecule is CC1(C(F)(F)F)OC(=O)N(c2ccc(Cl)c(Cl)c2)C1=O. The number of anilines is 1. The smallest absolute Gasteiger partial charge is 0.422 e. The Labute approximate surface area is 121 Å². The van der Waals surface area contributed by atoms with Crippen molar-refractivity contribution in [2.24, 2.45) is 0 Å². The summed E-state index contributed by atoms with van der Waals surface area (Å²) in [7, 11) is 0. The maximum atomic E-state index is 12.8. The number of hydrogen-bond acceptors (Lipinski definition) is 3. The number of benzene rings is 1. The van der Waals surface area contributed by atoms with E-state index in [-0.39, 0.29) is 20.6 Å². The van der Waals surface area contributed by atoms with Crippen molar-refractivity contribution in [3.05, 3.63) is 28.2 Å². The molecule has 1 aromatic rings. The van der Waals surface area contributed by atoms with Crippen LogP contribution in [0.4, 0.5) is 23.7 Å². The fourth-order valence-corrected chi connectivity index (χ4v) is 1.88. The monoisotopic (exact) mass is 327 g/mol. The van der Waals surface area contributed by atoms with E-state index in [1.54, 1.807) is 0 Å². The lowest BCUT2D eigenvalue weighted by Gasteiger charge is -2.22. The van der Waals surface area contributed by atoms with Gasteiger partial charge in [0.15, 0.2) is 0 Å². The van der Waals surface area contributed by atoms with E-state index in [9.17, 15) is 22.8 Å². The summed E-state index contributed by atoms with van der Waals surface area (Å²) in [6.07, 6.45) is -6.45. The molecule has 1 atom stereocenters. The zero-order valence-electron chi connectivity index (χ0n) is 9.79. The van der Waals surface area contributed by atoms with E-state index in [2.05, 4.69) is 4.74 Å². The van der Waals surface area contributed by atoms with Crippen molar-refractivity contribution >= 4 is 40.9 Å². The summed E-state index contributed by atoms with van der Waals surface area (Å²) in [5.41, 5.74) is -3.36. The van der Waals surface area contributed by atoms with Gasteiger partial charge in [-0.1, -0.05) is 23.2 Å². The van der Waals surface area contributed by atoms with Crippen LogP contribution in [0.2, 0.25) is 10.0 Å². The Kier molecular flexibility index (Phi) is 3.38. The number of carbonyl (C=O) groups excluding carboxylic acids is 2. The first-order chi connectivity index (χ1) is 9.08. The van der Waals surface area contributed by atoms with Crippen molar-refractivity contribution in [3.63, 3.8) is 0 Å². The largest absolute Gasteiger partial charge is 0.437 e. The third kappa shape index (κ3) is 2.10. The number of alkyl halides is 3. The summed E-state index contributed by atoms with van der Waals surface area (Å²) in [6, 6.07) is 3.55. The maximum Gasteiger partial charge on any atom is 0.437 e. The minimum atomic E-state index is -5.02. The van der Waals surface area contributed by atoms with Crippen molar-refractivity contribution in [2.75, 3.05) is 4.90 Å². The fraction of sp³-hybridized carbons (Fsp3) is 0.273. The van der Waals surface area contributed by atoms with Crippen LogP contribution in [0, 0.1) is 0 Å². The molecule has 1 unspecified atom stereocenters. The van der Waals surface area contributed by atoms with E-state index < -0.39 is 23.8 Å². The Hall–Kier alpha value is -1.47. The molecule has 0 radical (unpaired) electrons. The summed E-state index contributed by atoms with van der Waals surface area (Å²) in [5.74, 6) is -1.53. The molecular weight excluding hydrogens is 322 g/mol. The summed E-state index contributed by atoms with van der Waals surface area (Å²) in [4.78, 5) is 23.7. The fourth-order valence-electron chi connectivity index (χ4n) is 1.59. The van der Waals surface area contributed by atoms with E-state index in [0.29, 0.717) is 6.92 Å². The molecule has 1 saturated heterocycles. The van der Waals surface area contributed by atoms with Crippen molar-refractivity contribution in [1.29, 1.82) is 0 Å². The lowest BCUT2D eigenvalue weighted by atomic mass is 10.1. The molecule has 0 saturated carbocycles. The highest BCUT2D eigenvalue weighted by Crippen LogP contribution is 2.41. The number of nitrogens with zero attached hydrogens (tertiary/aromatic N) is 1. The molecule has 1 aliphatic heterocycles. The Morgan fingerprint density at radius 1 is 1.20 bits per heavy atom. The van der Waals surface area contributed by atoms with Gasteiger partial charge < -0.3 is 4.74 Å². The Bertz CT molecular complexity index is 605. The van der Waals surface area contributed by atoms with Gasteiger partial charge in [0.2, 0.25) is 0 Å². The number of amides is 2. The van der Waals surface area contributed by atoms with Gasteiger partial charge in [0.05, 0.1) is 15.7 Å². The van der Waals surface area contributed by atoms with Gasteiger partial charge in [-0.15, -0.1) is 0 Å². The minimum absolute atomic E-state index is 0.00891. The molecule has 1 fully saturated rings. The highest BCUT2D eigenvalue weighted by atomic mass is 35.5. The summed E-state index contributed by atoms with van der Waals surface area (Å²) in [5, 5.41) is 0.124. The second-order valence-electron chi connectivity index (χ2n) is 4.14. The van der Waals surface area contributed by atoms with Crippen LogP contribution in [0.1, 0.15) is 6.92 Å². The summed E-state index contributed by atoms with van der Waals surface area (Å²) >= 11 is 11.4. The van der Waals surface area contributed by atoms with Gasteiger partial charge in [-0.05, 0) is 25.1 Å². The molecule has 1 heterocycles.